The Hall–Kier alpha value is -1.66. The predicted octanol–water partition coefficient (Wildman–Crippen LogP) is 3.26. The summed E-state index contributed by atoms with van der Waals surface area (Å²) < 4.78 is 11.5. The minimum atomic E-state index is 0.481. The van der Waals surface area contributed by atoms with Crippen LogP contribution in [0.3, 0.4) is 0 Å². The van der Waals surface area contributed by atoms with Gasteiger partial charge in [-0.3, -0.25) is 0 Å². The van der Waals surface area contributed by atoms with Crippen molar-refractivity contribution in [1.29, 1.82) is 0 Å². The van der Waals surface area contributed by atoms with Crippen molar-refractivity contribution in [3.05, 3.63) is 40.5 Å². The minimum Gasteiger partial charge on any atom is -0.438 e. The molecule has 1 aromatic heterocycles. The van der Waals surface area contributed by atoms with Crippen molar-refractivity contribution in [1.82, 2.24) is 9.97 Å². The number of anilines is 1. The van der Waals surface area contributed by atoms with Gasteiger partial charge in [-0.25, -0.2) is 4.98 Å². The summed E-state index contributed by atoms with van der Waals surface area (Å²) in [6.45, 7) is 0.711. The highest BCUT2D eigenvalue weighted by atomic mass is 79.9. The van der Waals surface area contributed by atoms with Crippen LogP contribution in [0.1, 0.15) is 5.56 Å². The summed E-state index contributed by atoms with van der Waals surface area (Å²) in [4.78, 5) is 8.33. The van der Waals surface area contributed by atoms with Crippen LogP contribution in [0.15, 0.2) is 34.9 Å². The third kappa shape index (κ3) is 3.91. The predicted molar refractivity (Wildman–Crippen MR) is 81.4 cm³/mol. The second kappa shape index (κ2) is 7.21. The molecule has 2 rings (SSSR count). The van der Waals surface area contributed by atoms with Crippen molar-refractivity contribution in [3.8, 4) is 11.6 Å². The van der Waals surface area contributed by atoms with Gasteiger partial charge in [0.2, 0.25) is 11.8 Å². The molecule has 0 saturated carbocycles. The van der Waals surface area contributed by atoms with E-state index in [1.165, 1.54) is 5.56 Å². The lowest BCUT2D eigenvalue weighted by Crippen LogP contribution is -1.98. The molecule has 0 atom stereocenters. The first-order valence-electron chi connectivity index (χ1n) is 6.19. The number of nitrogens with zero attached hydrogens (tertiary/aromatic N) is 2. The Morgan fingerprint density at radius 3 is 2.65 bits per heavy atom. The summed E-state index contributed by atoms with van der Waals surface area (Å²) in [5, 5.41) is 2.88. The first-order chi connectivity index (χ1) is 9.72. The molecule has 0 unspecified atom stereocenters. The number of rotatable bonds is 6. The van der Waals surface area contributed by atoms with Crippen LogP contribution >= 0.6 is 15.9 Å². The smallest absolute Gasteiger partial charge is 0.238 e. The van der Waals surface area contributed by atoms with Crippen molar-refractivity contribution < 1.29 is 9.47 Å². The van der Waals surface area contributed by atoms with Crippen molar-refractivity contribution >= 4 is 21.9 Å². The van der Waals surface area contributed by atoms with Gasteiger partial charge in [0, 0.05) is 14.2 Å². The van der Waals surface area contributed by atoms with Crippen LogP contribution in [-0.2, 0) is 11.2 Å². The number of methoxy groups -OCH3 is 1. The second-order valence-electron chi connectivity index (χ2n) is 4.09. The highest BCUT2D eigenvalue weighted by molar-refractivity contribution is 9.10. The van der Waals surface area contributed by atoms with Gasteiger partial charge in [-0.1, -0.05) is 12.1 Å². The van der Waals surface area contributed by atoms with E-state index in [0.29, 0.717) is 22.9 Å². The van der Waals surface area contributed by atoms with Crippen LogP contribution < -0.4 is 10.1 Å². The Balaban J connectivity index is 2.09. The minimum absolute atomic E-state index is 0.481. The molecule has 0 fully saturated rings. The van der Waals surface area contributed by atoms with E-state index in [2.05, 4.69) is 31.2 Å². The third-order valence-electron chi connectivity index (χ3n) is 2.67. The van der Waals surface area contributed by atoms with E-state index in [0.717, 1.165) is 12.2 Å². The van der Waals surface area contributed by atoms with E-state index in [9.17, 15) is 0 Å². The van der Waals surface area contributed by atoms with Gasteiger partial charge in [-0.2, -0.15) is 4.98 Å². The Morgan fingerprint density at radius 2 is 2.00 bits per heavy atom. The third-order valence-corrected chi connectivity index (χ3v) is 3.21. The molecule has 106 valence electrons. The summed E-state index contributed by atoms with van der Waals surface area (Å²) >= 11 is 3.37. The lowest BCUT2D eigenvalue weighted by molar-refractivity contribution is 0.202. The zero-order valence-electron chi connectivity index (χ0n) is 11.4. The summed E-state index contributed by atoms with van der Waals surface area (Å²) in [5.74, 6) is 1.72. The van der Waals surface area contributed by atoms with Gasteiger partial charge in [-0.05, 0) is 40.0 Å². The topological polar surface area (TPSA) is 56.3 Å². The first kappa shape index (κ1) is 14.7. The molecule has 5 nitrogen and oxygen atoms in total. The molecule has 0 spiro atoms. The van der Waals surface area contributed by atoms with E-state index >= 15 is 0 Å². The van der Waals surface area contributed by atoms with Gasteiger partial charge in [0.25, 0.3) is 0 Å². The Labute approximate surface area is 126 Å². The molecule has 1 N–H and O–H groups in total. The fraction of sp³-hybridized carbons (Fsp3) is 0.286. The Kier molecular flexibility index (Phi) is 5.31. The van der Waals surface area contributed by atoms with E-state index < -0.39 is 0 Å². The molecule has 0 aliphatic heterocycles. The number of ether oxygens (including phenoxy) is 2. The first-order valence-corrected chi connectivity index (χ1v) is 6.98. The molecule has 0 aliphatic rings. The average Bonchev–Trinajstić information content (AvgIpc) is 2.49. The monoisotopic (exact) mass is 337 g/mol. The molecular formula is C14H16BrN3O2. The van der Waals surface area contributed by atoms with Gasteiger partial charge in [0.15, 0.2) is 0 Å². The van der Waals surface area contributed by atoms with E-state index in [1.807, 2.05) is 24.3 Å². The Morgan fingerprint density at radius 1 is 1.25 bits per heavy atom. The molecule has 0 aliphatic carbocycles. The van der Waals surface area contributed by atoms with Crippen LogP contribution in [-0.4, -0.2) is 30.7 Å². The fourth-order valence-electron chi connectivity index (χ4n) is 1.60. The molecule has 0 bridgehead atoms. The van der Waals surface area contributed by atoms with Gasteiger partial charge in [-0.15, -0.1) is 0 Å². The lowest BCUT2D eigenvalue weighted by atomic mass is 10.1. The summed E-state index contributed by atoms with van der Waals surface area (Å²) in [6, 6.07) is 7.86. The average molecular weight is 338 g/mol. The number of halogens is 1. The molecule has 0 amide bonds. The Bertz CT molecular complexity index is 561. The van der Waals surface area contributed by atoms with Crippen LogP contribution in [0.5, 0.6) is 11.6 Å². The maximum absolute atomic E-state index is 5.74. The molecule has 0 saturated heterocycles. The number of nitrogens with one attached hydrogen (secondary N) is 1. The standard InChI is InChI=1S/C14H16BrN3O2/c1-16-14-17-9-12(15)13(18-14)20-11-5-3-10(4-6-11)7-8-19-2/h3-6,9H,7-8H2,1-2H3,(H,16,17,18). The number of aromatic nitrogens is 2. The summed E-state index contributed by atoms with van der Waals surface area (Å²) in [5.41, 5.74) is 1.21. The highest BCUT2D eigenvalue weighted by Crippen LogP contribution is 2.27. The maximum Gasteiger partial charge on any atom is 0.238 e. The molecule has 1 heterocycles. The van der Waals surface area contributed by atoms with Gasteiger partial charge < -0.3 is 14.8 Å². The van der Waals surface area contributed by atoms with Gasteiger partial charge >= 0.3 is 0 Å². The van der Waals surface area contributed by atoms with Crippen LogP contribution in [0.25, 0.3) is 0 Å². The zero-order valence-corrected chi connectivity index (χ0v) is 13.0. The zero-order chi connectivity index (χ0) is 14.4. The van der Waals surface area contributed by atoms with Crippen molar-refractivity contribution in [2.45, 2.75) is 6.42 Å². The van der Waals surface area contributed by atoms with Crippen molar-refractivity contribution in [2.75, 3.05) is 26.1 Å². The van der Waals surface area contributed by atoms with E-state index in [-0.39, 0.29) is 0 Å². The van der Waals surface area contributed by atoms with Gasteiger partial charge in [0.1, 0.15) is 5.75 Å². The lowest BCUT2D eigenvalue weighted by Gasteiger charge is -2.08. The molecule has 0 radical (unpaired) electrons. The number of hydrogen-bond donors (Lipinski definition) is 1. The normalized spacial score (nSPS) is 10.3. The number of hydrogen-bond acceptors (Lipinski definition) is 5. The van der Waals surface area contributed by atoms with Crippen molar-refractivity contribution in [3.63, 3.8) is 0 Å². The van der Waals surface area contributed by atoms with E-state index in [1.54, 1.807) is 20.4 Å². The fourth-order valence-corrected chi connectivity index (χ4v) is 1.87. The summed E-state index contributed by atoms with van der Waals surface area (Å²) in [7, 11) is 3.46. The largest absolute Gasteiger partial charge is 0.438 e. The molecule has 2 aromatic rings. The van der Waals surface area contributed by atoms with E-state index in [4.69, 9.17) is 9.47 Å². The van der Waals surface area contributed by atoms with Gasteiger partial charge in [0.05, 0.1) is 17.3 Å². The van der Waals surface area contributed by atoms with Crippen LogP contribution in [0.2, 0.25) is 0 Å². The molecule has 1 aromatic carbocycles. The quantitative estimate of drug-likeness (QED) is 0.876. The van der Waals surface area contributed by atoms with Crippen molar-refractivity contribution in [2.24, 2.45) is 0 Å². The molecular weight excluding hydrogens is 322 g/mol. The second-order valence-corrected chi connectivity index (χ2v) is 4.94. The van der Waals surface area contributed by atoms with Crippen LogP contribution in [0.4, 0.5) is 5.95 Å². The molecule has 20 heavy (non-hydrogen) atoms. The SMILES string of the molecule is CNc1ncc(Br)c(Oc2ccc(CCOC)cc2)n1. The highest BCUT2D eigenvalue weighted by Gasteiger charge is 2.07. The maximum atomic E-state index is 5.74. The van der Waals surface area contributed by atoms with Crippen LogP contribution in [0, 0.1) is 0 Å². The summed E-state index contributed by atoms with van der Waals surface area (Å²) in [6.07, 6.45) is 2.54. The number of benzene rings is 1. The molecule has 6 heteroatoms.